The fourth-order valence-electron chi connectivity index (χ4n) is 3.29. The fourth-order valence-corrected chi connectivity index (χ4v) is 5.09. The molecule has 1 fully saturated rings. The summed E-state index contributed by atoms with van der Waals surface area (Å²) in [4.78, 5) is 26.8. The minimum Gasteiger partial charge on any atom is -0.368 e. The van der Waals surface area contributed by atoms with E-state index in [0.29, 0.717) is 18.8 Å². The Hall–Kier alpha value is -2.58. The third kappa shape index (κ3) is 5.77. The van der Waals surface area contributed by atoms with Crippen molar-refractivity contribution in [1.29, 1.82) is 0 Å². The van der Waals surface area contributed by atoms with Crippen LogP contribution in [0.1, 0.15) is 5.56 Å². The molecule has 0 aliphatic carbocycles. The van der Waals surface area contributed by atoms with Gasteiger partial charge in [-0.3, -0.25) is 4.79 Å². The highest BCUT2D eigenvalue weighted by Crippen LogP contribution is 2.32. The summed E-state index contributed by atoms with van der Waals surface area (Å²) < 4.78 is 13.1. The number of amides is 1. The number of carbonyl (C=O) groups is 1. The topological polar surface area (TPSA) is 49.3 Å². The number of aromatic nitrogens is 2. The number of aryl methyl sites for hydroxylation is 1. The molecule has 1 saturated heterocycles. The van der Waals surface area contributed by atoms with Crippen LogP contribution in [-0.2, 0) is 4.79 Å². The second-order valence-corrected chi connectivity index (χ2v) is 9.24. The zero-order chi connectivity index (χ0) is 21.6. The van der Waals surface area contributed by atoms with Crippen molar-refractivity contribution in [2.75, 3.05) is 36.8 Å². The molecule has 5 nitrogen and oxygen atoms in total. The third-order valence-electron chi connectivity index (χ3n) is 5.03. The molecule has 31 heavy (non-hydrogen) atoms. The summed E-state index contributed by atoms with van der Waals surface area (Å²) in [6.07, 6.45) is 3.34. The molecular weight excluding hydrogens is 431 g/mol. The summed E-state index contributed by atoms with van der Waals surface area (Å²) in [5.74, 6) is 0.190. The van der Waals surface area contributed by atoms with Crippen molar-refractivity contribution in [3.05, 3.63) is 72.3 Å². The molecule has 0 atom stereocenters. The van der Waals surface area contributed by atoms with Gasteiger partial charge in [0.25, 0.3) is 0 Å². The van der Waals surface area contributed by atoms with Crippen LogP contribution in [0.5, 0.6) is 0 Å². The Morgan fingerprint density at radius 3 is 2.26 bits per heavy atom. The highest BCUT2D eigenvalue weighted by molar-refractivity contribution is 8.02. The molecule has 4 rings (SSSR count). The molecule has 2 aromatic carbocycles. The summed E-state index contributed by atoms with van der Waals surface area (Å²) in [6, 6.07) is 14.8. The van der Waals surface area contributed by atoms with Crippen LogP contribution < -0.4 is 4.90 Å². The van der Waals surface area contributed by atoms with E-state index in [4.69, 9.17) is 0 Å². The number of piperazine rings is 1. The summed E-state index contributed by atoms with van der Waals surface area (Å²) in [5, 5.41) is 1.58. The first kappa shape index (κ1) is 21.6. The number of hydrogen-bond donors (Lipinski definition) is 0. The lowest BCUT2D eigenvalue weighted by Crippen LogP contribution is -2.49. The standard InChI is InChI=1S/C23H23FN4OS2/c1-17-2-8-20(9-3-17)31-23-22(25-10-11-26-23)30-16-21(29)28-14-12-27(13-15-28)19-6-4-18(24)5-7-19/h2-11H,12-16H2,1H3. The van der Waals surface area contributed by atoms with Gasteiger partial charge in [0, 0.05) is 49.2 Å². The zero-order valence-corrected chi connectivity index (χ0v) is 18.8. The van der Waals surface area contributed by atoms with Crippen LogP contribution in [0.25, 0.3) is 0 Å². The van der Waals surface area contributed by atoms with E-state index >= 15 is 0 Å². The van der Waals surface area contributed by atoms with Gasteiger partial charge in [-0.2, -0.15) is 0 Å². The predicted molar refractivity (Wildman–Crippen MR) is 123 cm³/mol. The predicted octanol–water partition coefficient (Wildman–Crippen LogP) is 4.52. The van der Waals surface area contributed by atoms with Gasteiger partial charge in [-0.15, -0.1) is 0 Å². The van der Waals surface area contributed by atoms with Gasteiger partial charge < -0.3 is 9.80 Å². The molecule has 0 N–H and O–H groups in total. The maximum atomic E-state index is 13.1. The highest BCUT2D eigenvalue weighted by Gasteiger charge is 2.22. The van der Waals surface area contributed by atoms with E-state index in [9.17, 15) is 9.18 Å². The van der Waals surface area contributed by atoms with E-state index in [2.05, 4.69) is 46.1 Å². The molecule has 1 aliphatic rings. The fraction of sp³-hybridized carbons (Fsp3) is 0.261. The molecule has 0 unspecified atom stereocenters. The van der Waals surface area contributed by atoms with Crippen LogP contribution in [-0.4, -0.2) is 52.7 Å². The highest BCUT2D eigenvalue weighted by atomic mass is 32.2. The first-order valence-electron chi connectivity index (χ1n) is 10.0. The number of benzene rings is 2. The van der Waals surface area contributed by atoms with E-state index in [0.717, 1.165) is 33.7 Å². The van der Waals surface area contributed by atoms with Gasteiger partial charge in [0.15, 0.2) is 0 Å². The number of carbonyl (C=O) groups excluding carboxylic acids is 1. The van der Waals surface area contributed by atoms with E-state index in [1.54, 1.807) is 36.3 Å². The molecule has 1 amide bonds. The van der Waals surface area contributed by atoms with E-state index in [1.807, 2.05) is 4.90 Å². The molecule has 1 aromatic heterocycles. The lowest BCUT2D eigenvalue weighted by Gasteiger charge is -2.36. The third-order valence-corrected chi connectivity index (χ3v) is 7.12. The molecule has 8 heteroatoms. The van der Waals surface area contributed by atoms with E-state index < -0.39 is 0 Å². The largest absolute Gasteiger partial charge is 0.368 e. The van der Waals surface area contributed by atoms with Gasteiger partial charge >= 0.3 is 0 Å². The SMILES string of the molecule is Cc1ccc(Sc2nccnc2SCC(=O)N2CCN(c3ccc(F)cc3)CC2)cc1. The monoisotopic (exact) mass is 454 g/mol. The second-order valence-electron chi connectivity index (χ2n) is 7.21. The van der Waals surface area contributed by atoms with Crippen molar-refractivity contribution in [3.8, 4) is 0 Å². The van der Waals surface area contributed by atoms with Crippen LogP contribution in [0.2, 0.25) is 0 Å². The van der Waals surface area contributed by atoms with Gasteiger partial charge in [-0.25, -0.2) is 14.4 Å². The van der Waals surface area contributed by atoms with Crippen LogP contribution in [0.15, 0.2) is 75.9 Å². The Morgan fingerprint density at radius 2 is 1.58 bits per heavy atom. The quantitative estimate of drug-likeness (QED) is 0.511. The average Bonchev–Trinajstić information content (AvgIpc) is 2.80. The van der Waals surface area contributed by atoms with Gasteiger partial charge in [-0.1, -0.05) is 41.2 Å². The number of hydrogen-bond acceptors (Lipinski definition) is 6. The molecule has 0 radical (unpaired) electrons. The van der Waals surface area contributed by atoms with Crippen LogP contribution in [0, 0.1) is 12.7 Å². The van der Waals surface area contributed by atoms with Crippen molar-refractivity contribution >= 4 is 35.1 Å². The number of rotatable bonds is 6. The Morgan fingerprint density at radius 1 is 0.935 bits per heavy atom. The first-order valence-corrected chi connectivity index (χ1v) is 11.9. The molecule has 160 valence electrons. The van der Waals surface area contributed by atoms with E-state index in [-0.39, 0.29) is 11.7 Å². The molecule has 0 saturated carbocycles. The van der Waals surface area contributed by atoms with Crippen molar-refractivity contribution < 1.29 is 9.18 Å². The van der Waals surface area contributed by atoms with Crippen LogP contribution >= 0.6 is 23.5 Å². The zero-order valence-electron chi connectivity index (χ0n) is 17.2. The summed E-state index contributed by atoms with van der Waals surface area (Å²) >= 11 is 2.99. The average molecular weight is 455 g/mol. The van der Waals surface area contributed by atoms with Crippen molar-refractivity contribution in [2.45, 2.75) is 21.9 Å². The number of thioether (sulfide) groups is 1. The van der Waals surface area contributed by atoms with Gasteiger partial charge in [0.05, 0.1) is 5.75 Å². The molecule has 1 aliphatic heterocycles. The number of anilines is 1. The van der Waals surface area contributed by atoms with E-state index in [1.165, 1.54) is 29.5 Å². The van der Waals surface area contributed by atoms with Crippen LogP contribution in [0.4, 0.5) is 10.1 Å². The molecular formula is C23H23FN4OS2. The lowest BCUT2D eigenvalue weighted by molar-refractivity contribution is -0.128. The number of halogens is 1. The summed E-state index contributed by atoms with van der Waals surface area (Å²) in [5.41, 5.74) is 2.20. The molecule has 3 aromatic rings. The van der Waals surface area contributed by atoms with Gasteiger partial charge in [-0.05, 0) is 43.3 Å². The maximum Gasteiger partial charge on any atom is 0.233 e. The molecule has 0 bridgehead atoms. The second kappa shape index (κ2) is 10.2. The smallest absolute Gasteiger partial charge is 0.233 e. The van der Waals surface area contributed by atoms with Crippen molar-refractivity contribution in [3.63, 3.8) is 0 Å². The minimum atomic E-state index is -0.237. The Kier molecular flexibility index (Phi) is 7.09. The Bertz CT molecular complexity index is 1020. The van der Waals surface area contributed by atoms with Crippen molar-refractivity contribution in [1.82, 2.24) is 14.9 Å². The Balaban J connectivity index is 1.31. The lowest BCUT2D eigenvalue weighted by atomic mass is 10.2. The Labute approximate surface area is 190 Å². The number of nitrogens with zero attached hydrogens (tertiary/aromatic N) is 4. The van der Waals surface area contributed by atoms with Crippen LogP contribution in [0.3, 0.4) is 0 Å². The van der Waals surface area contributed by atoms with Crippen molar-refractivity contribution in [2.24, 2.45) is 0 Å². The maximum absolute atomic E-state index is 13.1. The minimum absolute atomic E-state index is 0.0979. The summed E-state index contributed by atoms with van der Waals surface area (Å²) in [6.45, 7) is 4.84. The summed E-state index contributed by atoms with van der Waals surface area (Å²) in [7, 11) is 0. The normalized spacial score (nSPS) is 14.0. The van der Waals surface area contributed by atoms with Gasteiger partial charge in [0.2, 0.25) is 5.91 Å². The first-order chi connectivity index (χ1) is 15.1. The molecule has 0 spiro atoms. The molecule has 2 heterocycles. The van der Waals surface area contributed by atoms with Gasteiger partial charge in [0.1, 0.15) is 15.9 Å².